The Hall–Kier alpha value is -2.36. The van der Waals surface area contributed by atoms with Crippen LogP contribution in [0.1, 0.15) is 41.9 Å². The van der Waals surface area contributed by atoms with Crippen molar-refractivity contribution in [3.8, 4) is 5.75 Å². The molecule has 0 fully saturated rings. The van der Waals surface area contributed by atoms with Crippen molar-refractivity contribution >= 4 is 5.91 Å². The molecular formula is C20H24N2O2. The minimum Gasteiger partial charge on any atom is -0.497 e. The van der Waals surface area contributed by atoms with E-state index in [9.17, 15) is 4.79 Å². The highest BCUT2D eigenvalue weighted by molar-refractivity contribution is 5.76. The van der Waals surface area contributed by atoms with Gasteiger partial charge in [0.15, 0.2) is 0 Å². The van der Waals surface area contributed by atoms with Gasteiger partial charge < -0.3 is 10.1 Å². The lowest BCUT2D eigenvalue weighted by Gasteiger charge is -2.26. The summed E-state index contributed by atoms with van der Waals surface area (Å²) in [5, 5.41) is 3.11. The number of methoxy groups -OCH3 is 1. The number of carbonyl (C=O) groups excluding carboxylic acids is 1. The van der Waals surface area contributed by atoms with Gasteiger partial charge in [-0.3, -0.25) is 9.78 Å². The number of pyridine rings is 1. The molecule has 0 spiro atoms. The Morgan fingerprint density at radius 3 is 2.92 bits per heavy atom. The first kappa shape index (κ1) is 16.5. The molecule has 4 heteroatoms. The van der Waals surface area contributed by atoms with Crippen molar-refractivity contribution in [3.05, 3.63) is 59.4 Å². The van der Waals surface area contributed by atoms with Crippen LogP contribution in [-0.2, 0) is 17.6 Å². The second kappa shape index (κ2) is 7.95. The summed E-state index contributed by atoms with van der Waals surface area (Å²) in [5.41, 5.74) is 3.86. The summed E-state index contributed by atoms with van der Waals surface area (Å²) >= 11 is 0. The first-order valence-electron chi connectivity index (χ1n) is 8.58. The van der Waals surface area contributed by atoms with Crippen LogP contribution in [0.25, 0.3) is 0 Å². The summed E-state index contributed by atoms with van der Waals surface area (Å²) in [4.78, 5) is 16.1. The van der Waals surface area contributed by atoms with Crippen LogP contribution in [0.15, 0.2) is 42.7 Å². The molecule has 1 aliphatic carbocycles. The number of rotatable bonds is 6. The molecule has 1 aromatic heterocycles. The zero-order chi connectivity index (χ0) is 16.8. The fourth-order valence-corrected chi connectivity index (χ4v) is 3.36. The third-order valence-corrected chi connectivity index (χ3v) is 4.72. The molecule has 126 valence electrons. The lowest BCUT2D eigenvalue weighted by atomic mass is 9.82. The fraction of sp³-hybridized carbons (Fsp3) is 0.400. The molecule has 2 aromatic rings. The van der Waals surface area contributed by atoms with Crippen LogP contribution in [-0.4, -0.2) is 24.5 Å². The number of amides is 1. The third kappa shape index (κ3) is 4.13. The number of benzene rings is 1. The van der Waals surface area contributed by atoms with Crippen molar-refractivity contribution in [2.45, 2.75) is 38.0 Å². The molecule has 0 saturated heterocycles. The molecule has 4 nitrogen and oxygen atoms in total. The quantitative estimate of drug-likeness (QED) is 0.887. The molecule has 3 rings (SSSR count). The molecule has 0 aliphatic heterocycles. The molecule has 1 unspecified atom stereocenters. The van der Waals surface area contributed by atoms with Gasteiger partial charge >= 0.3 is 0 Å². The van der Waals surface area contributed by atoms with E-state index >= 15 is 0 Å². The fourth-order valence-electron chi connectivity index (χ4n) is 3.36. The molecule has 1 heterocycles. The summed E-state index contributed by atoms with van der Waals surface area (Å²) < 4.78 is 5.31. The Morgan fingerprint density at radius 1 is 1.29 bits per heavy atom. The highest BCUT2D eigenvalue weighted by Crippen LogP contribution is 2.33. The molecule has 0 radical (unpaired) electrons. The first-order valence-corrected chi connectivity index (χ1v) is 8.58. The van der Waals surface area contributed by atoms with Crippen LogP contribution in [0.3, 0.4) is 0 Å². The van der Waals surface area contributed by atoms with Crippen LogP contribution in [0.5, 0.6) is 5.75 Å². The minimum absolute atomic E-state index is 0.118. The van der Waals surface area contributed by atoms with Crippen molar-refractivity contribution in [1.29, 1.82) is 0 Å². The van der Waals surface area contributed by atoms with E-state index < -0.39 is 0 Å². The summed E-state index contributed by atoms with van der Waals surface area (Å²) in [5.74, 6) is 1.44. The first-order chi connectivity index (χ1) is 11.8. The maximum absolute atomic E-state index is 12.1. The Morgan fingerprint density at radius 2 is 2.12 bits per heavy atom. The number of nitrogens with zero attached hydrogens (tertiary/aromatic N) is 1. The van der Waals surface area contributed by atoms with Gasteiger partial charge in [-0.2, -0.15) is 0 Å². The Bertz CT molecular complexity index is 685. The van der Waals surface area contributed by atoms with Crippen molar-refractivity contribution in [2.75, 3.05) is 13.7 Å². The van der Waals surface area contributed by atoms with Gasteiger partial charge in [0.05, 0.1) is 7.11 Å². The number of fused-ring (bicyclic) bond motifs is 1. The van der Waals surface area contributed by atoms with Gasteiger partial charge in [-0.15, -0.1) is 0 Å². The molecule has 24 heavy (non-hydrogen) atoms. The molecule has 0 bridgehead atoms. The predicted octanol–water partition coefficient (Wildman–Crippen LogP) is 3.26. The van der Waals surface area contributed by atoms with Crippen LogP contribution in [0.4, 0.5) is 0 Å². The van der Waals surface area contributed by atoms with Gasteiger partial charge in [-0.05, 0) is 66.6 Å². The number of ether oxygens (including phenoxy) is 1. The Balaban J connectivity index is 1.53. The topological polar surface area (TPSA) is 51.2 Å². The summed E-state index contributed by atoms with van der Waals surface area (Å²) in [6, 6.07) is 10.2. The zero-order valence-electron chi connectivity index (χ0n) is 14.1. The van der Waals surface area contributed by atoms with E-state index in [1.165, 1.54) is 11.1 Å². The lowest BCUT2D eigenvalue weighted by Crippen LogP contribution is -2.30. The normalized spacial score (nSPS) is 16.3. The number of carbonyl (C=O) groups is 1. The number of nitrogens with one attached hydrogen (secondary N) is 1. The zero-order valence-corrected chi connectivity index (χ0v) is 14.1. The predicted molar refractivity (Wildman–Crippen MR) is 94.2 cm³/mol. The van der Waals surface area contributed by atoms with E-state index in [1.807, 2.05) is 18.2 Å². The number of hydrogen-bond donors (Lipinski definition) is 1. The molecule has 1 N–H and O–H groups in total. The average Bonchev–Trinajstić information content (AvgIpc) is 2.65. The van der Waals surface area contributed by atoms with E-state index in [1.54, 1.807) is 19.5 Å². The maximum atomic E-state index is 12.1. The average molecular weight is 324 g/mol. The van der Waals surface area contributed by atoms with Gasteiger partial charge in [0.2, 0.25) is 5.91 Å². The van der Waals surface area contributed by atoms with E-state index in [2.05, 4.69) is 22.4 Å². The number of aromatic nitrogens is 1. The molecule has 0 saturated carbocycles. The van der Waals surface area contributed by atoms with Crippen LogP contribution >= 0.6 is 0 Å². The molecule has 1 atom stereocenters. The van der Waals surface area contributed by atoms with E-state index in [0.717, 1.165) is 37.0 Å². The van der Waals surface area contributed by atoms with Crippen molar-refractivity contribution in [3.63, 3.8) is 0 Å². The second-order valence-corrected chi connectivity index (χ2v) is 6.31. The summed E-state index contributed by atoms with van der Waals surface area (Å²) in [6.07, 6.45) is 8.20. The Kier molecular flexibility index (Phi) is 5.47. The Labute approximate surface area is 143 Å². The van der Waals surface area contributed by atoms with Gasteiger partial charge in [0, 0.05) is 31.3 Å². The molecular weight excluding hydrogens is 300 g/mol. The number of hydrogen-bond acceptors (Lipinski definition) is 3. The van der Waals surface area contributed by atoms with Crippen LogP contribution in [0.2, 0.25) is 0 Å². The number of aryl methyl sites for hydroxylation is 2. The van der Waals surface area contributed by atoms with E-state index in [-0.39, 0.29) is 5.91 Å². The summed E-state index contributed by atoms with van der Waals surface area (Å²) in [6.45, 7) is 0.717. The molecule has 1 aromatic carbocycles. The highest BCUT2D eigenvalue weighted by atomic mass is 16.5. The monoisotopic (exact) mass is 324 g/mol. The highest BCUT2D eigenvalue weighted by Gasteiger charge is 2.21. The maximum Gasteiger partial charge on any atom is 0.220 e. The largest absolute Gasteiger partial charge is 0.497 e. The van der Waals surface area contributed by atoms with Crippen LogP contribution < -0.4 is 10.1 Å². The smallest absolute Gasteiger partial charge is 0.220 e. The SMILES string of the molecule is COc1ccc2c(c1)CCCC2CNC(=O)CCc1ccncc1. The molecule has 1 aliphatic rings. The van der Waals surface area contributed by atoms with Gasteiger partial charge in [0.25, 0.3) is 0 Å². The van der Waals surface area contributed by atoms with Crippen molar-refractivity contribution < 1.29 is 9.53 Å². The van der Waals surface area contributed by atoms with Gasteiger partial charge in [-0.1, -0.05) is 6.07 Å². The lowest BCUT2D eigenvalue weighted by molar-refractivity contribution is -0.121. The van der Waals surface area contributed by atoms with E-state index in [4.69, 9.17) is 4.74 Å². The summed E-state index contributed by atoms with van der Waals surface area (Å²) in [7, 11) is 1.70. The van der Waals surface area contributed by atoms with Crippen molar-refractivity contribution in [2.24, 2.45) is 0 Å². The third-order valence-electron chi connectivity index (χ3n) is 4.72. The van der Waals surface area contributed by atoms with Gasteiger partial charge in [0.1, 0.15) is 5.75 Å². The standard InChI is InChI=1S/C20H24N2O2/c1-24-18-6-7-19-16(13-18)3-2-4-17(19)14-22-20(23)8-5-15-9-11-21-12-10-15/h6-7,9-13,17H,2-5,8,14H2,1H3,(H,22,23). The van der Waals surface area contributed by atoms with Gasteiger partial charge in [-0.25, -0.2) is 0 Å². The van der Waals surface area contributed by atoms with Crippen LogP contribution in [0, 0.1) is 0 Å². The molecule has 1 amide bonds. The minimum atomic E-state index is 0.118. The van der Waals surface area contributed by atoms with E-state index in [0.29, 0.717) is 18.9 Å². The second-order valence-electron chi connectivity index (χ2n) is 6.31. The van der Waals surface area contributed by atoms with Crippen molar-refractivity contribution in [1.82, 2.24) is 10.3 Å².